The predicted octanol–water partition coefficient (Wildman–Crippen LogP) is 7.16. The second-order valence-corrected chi connectivity index (χ2v) is 7.79. The molecular weight excluding hydrogens is 330 g/mol. The van der Waals surface area contributed by atoms with E-state index in [-0.39, 0.29) is 0 Å². The Bertz CT molecular complexity index is 652. The average molecular weight is 366 g/mol. The Labute approximate surface area is 165 Å². The van der Waals surface area contributed by atoms with Gasteiger partial charge in [-0.1, -0.05) is 88.6 Å². The minimum absolute atomic E-state index is 0.532. The van der Waals surface area contributed by atoms with Crippen molar-refractivity contribution in [2.24, 2.45) is 0 Å². The van der Waals surface area contributed by atoms with Crippen LogP contribution in [-0.2, 0) is 0 Å². The topological polar surface area (TPSA) is 12.2 Å². The van der Waals surface area contributed by atoms with Crippen LogP contribution in [0.1, 0.15) is 76.3 Å². The molecule has 0 amide bonds. The van der Waals surface area contributed by atoms with E-state index in [1.54, 1.807) is 7.11 Å². The quantitative estimate of drug-likeness (QED) is 0.292. The molecule has 1 fully saturated rings. The van der Waals surface area contributed by atoms with Gasteiger partial charge >= 0.3 is 0 Å². The minimum atomic E-state index is 0.532. The number of benzene rings is 2. The van der Waals surface area contributed by atoms with Crippen LogP contribution < -0.4 is 9.64 Å². The van der Waals surface area contributed by atoms with Gasteiger partial charge in [-0.3, -0.25) is 0 Å². The molecule has 2 nitrogen and oxygen atoms in total. The van der Waals surface area contributed by atoms with Crippen LogP contribution >= 0.6 is 0 Å². The van der Waals surface area contributed by atoms with Crippen molar-refractivity contribution in [3.63, 3.8) is 0 Å². The van der Waals surface area contributed by atoms with Crippen molar-refractivity contribution in [2.75, 3.05) is 12.0 Å². The van der Waals surface area contributed by atoms with Crippen LogP contribution in [0, 0.1) is 0 Å². The molecule has 0 saturated carbocycles. The van der Waals surface area contributed by atoms with E-state index < -0.39 is 0 Å². The van der Waals surface area contributed by atoms with Gasteiger partial charge in [0.25, 0.3) is 0 Å². The number of unbranched alkanes of at least 4 members (excludes halogenated alkanes) is 7. The second kappa shape index (κ2) is 10.4. The Hall–Kier alpha value is -1.96. The normalized spacial score (nSPS) is 18.5. The predicted molar refractivity (Wildman–Crippen MR) is 116 cm³/mol. The molecule has 2 atom stereocenters. The van der Waals surface area contributed by atoms with Gasteiger partial charge in [-0.2, -0.15) is 0 Å². The Morgan fingerprint density at radius 2 is 1.41 bits per heavy atom. The fraction of sp³-hybridized carbons (Fsp3) is 0.520. The summed E-state index contributed by atoms with van der Waals surface area (Å²) in [6.45, 7) is 2.29. The third-order valence-corrected chi connectivity index (χ3v) is 5.80. The molecule has 2 aromatic rings. The first-order valence-corrected chi connectivity index (χ1v) is 10.8. The lowest BCUT2D eigenvalue weighted by molar-refractivity contribution is 0.415. The van der Waals surface area contributed by atoms with Crippen LogP contribution in [0.25, 0.3) is 0 Å². The fourth-order valence-corrected chi connectivity index (χ4v) is 4.20. The Morgan fingerprint density at radius 3 is 2.04 bits per heavy atom. The second-order valence-electron chi connectivity index (χ2n) is 7.79. The number of nitrogens with zero attached hydrogens (tertiary/aromatic N) is 1. The van der Waals surface area contributed by atoms with E-state index in [0.717, 1.165) is 5.75 Å². The zero-order valence-corrected chi connectivity index (χ0v) is 17.1. The van der Waals surface area contributed by atoms with Crippen molar-refractivity contribution in [3.8, 4) is 5.75 Å². The lowest BCUT2D eigenvalue weighted by Gasteiger charge is -2.08. The third kappa shape index (κ3) is 5.51. The zero-order valence-electron chi connectivity index (χ0n) is 17.1. The van der Waals surface area contributed by atoms with Crippen molar-refractivity contribution in [2.45, 2.75) is 76.8 Å². The third-order valence-electron chi connectivity index (χ3n) is 5.80. The Kier molecular flexibility index (Phi) is 7.62. The number of rotatable bonds is 12. The summed E-state index contributed by atoms with van der Waals surface area (Å²) in [4.78, 5) is 2.58. The van der Waals surface area contributed by atoms with E-state index >= 15 is 0 Å². The highest BCUT2D eigenvalue weighted by Crippen LogP contribution is 2.49. The highest BCUT2D eigenvalue weighted by atomic mass is 16.5. The van der Waals surface area contributed by atoms with E-state index in [4.69, 9.17) is 4.74 Å². The van der Waals surface area contributed by atoms with Crippen LogP contribution in [0.3, 0.4) is 0 Å². The molecule has 1 unspecified atom stereocenters. The first kappa shape index (κ1) is 19.8. The summed E-state index contributed by atoms with van der Waals surface area (Å²) >= 11 is 0. The molecule has 0 aliphatic carbocycles. The van der Waals surface area contributed by atoms with E-state index in [1.807, 2.05) is 0 Å². The number of hydrogen-bond acceptors (Lipinski definition) is 2. The number of hydrogen-bond donors (Lipinski definition) is 0. The number of ether oxygens (including phenoxy) is 1. The van der Waals surface area contributed by atoms with E-state index in [1.165, 1.54) is 69.0 Å². The monoisotopic (exact) mass is 365 g/mol. The number of methoxy groups -OCH3 is 1. The van der Waals surface area contributed by atoms with Crippen LogP contribution in [0.2, 0.25) is 0 Å². The van der Waals surface area contributed by atoms with Crippen LogP contribution in [-0.4, -0.2) is 13.2 Å². The summed E-state index contributed by atoms with van der Waals surface area (Å²) in [5.74, 6) is 0.927. The molecule has 1 saturated heterocycles. The van der Waals surface area contributed by atoms with Crippen LogP contribution in [0.4, 0.5) is 5.69 Å². The van der Waals surface area contributed by atoms with Crippen molar-refractivity contribution < 1.29 is 4.74 Å². The van der Waals surface area contributed by atoms with Gasteiger partial charge in [0.15, 0.2) is 0 Å². The first-order valence-electron chi connectivity index (χ1n) is 10.8. The minimum Gasteiger partial charge on any atom is -0.497 e. The molecule has 3 rings (SSSR count). The van der Waals surface area contributed by atoms with Crippen molar-refractivity contribution in [3.05, 3.63) is 60.2 Å². The molecule has 0 bridgehead atoms. The molecule has 2 heteroatoms. The van der Waals surface area contributed by atoms with Crippen molar-refractivity contribution in [1.82, 2.24) is 0 Å². The largest absolute Gasteiger partial charge is 0.497 e. The molecular formula is C25H35NO. The molecule has 1 aliphatic rings. The summed E-state index contributed by atoms with van der Waals surface area (Å²) in [5.41, 5.74) is 2.76. The van der Waals surface area contributed by atoms with Gasteiger partial charge in [0, 0.05) is 5.69 Å². The van der Waals surface area contributed by atoms with Crippen LogP contribution in [0.5, 0.6) is 5.75 Å². The maximum Gasteiger partial charge on any atom is 0.119 e. The summed E-state index contributed by atoms with van der Waals surface area (Å²) in [6.07, 6.45) is 12.4. The molecule has 27 heavy (non-hydrogen) atoms. The van der Waals surface area contributed by atoms with Gasteiger partial charge in [0.1, 0.15) is 5.75 Å². The molecule has 1 heterocycles. The summed E-state index contributed by atoms with van der Waals surface area (Å²) in [7, 11) is 1.73. The SMILES string of the molecule is CCCCCCCCCCC1[C@@H](c2ccccc2)N1c1ccc(OC)cc1. The van der Waals surface area contributed by atoms with Crippen molar-refractivity contribution >= 4 is 5.69 Å². The van der Waals surface area contributed by atoms with E-state index in [9.17, 15) is 0 Å². The molecule has 2 aromatic carbocycles. The van der Waals surface area contributed by atoms with Gasteiger partial charge in [0.05, 0.1) is 19.2 Å². The molecule has 1 aliphatic heterocycles. The first-order chi connectivity index (χ1) is 13.3. The van der Waals surface area contributed by atoms with Gasteiger partial charge in [-0.15, -0.1) is 0 Å². The maximum absolute atomic E-state index is 5.32. The lowest BCUT2D eigenvalue weighted by Crippen LogP contribution is -1.99. The van der Waals surface area contributed by atoms with Gasteiger partial charge in [0.2, 0.25) is 0 Å². The summed E-state index contributed by atoms with van der Waals surface area (Å²) in [6, 6.07) is 20.7. The molecule has 146 valence electrons. The molecule has 0 radical (unpaired) electrons. The molecule has 0 N–H and O–H groups in total. The van der Waals surface area contributed by atoms with Crippen molar-refractivity contribution in [1.29, 1.82) is 0 Å². The molecule has 0 aromatic heterocycles. The summed E-state index contributed by atoms with van der Waals surface area (Å²) < 4.78 is 5.32. The Balaban J connectivity index is 1.52. The summed E-state index contributed by atoms with van der Waals surface area (Å²) in [5, 5.41) is 0. The average Bonchev–Trinajstić information content (AvgIpc) is 3.45. The van der Waals surface area contributed by atoms with E-state index in [0.29, 0.717) is 12.1 Å². The smallest absolute Gasteiger partial charge is 0.119 e. The fourth-order valence-electron chi connectivity index (χ4n) is 4.20. The standard InChI is InChI=1S/C25H35NO/c1-3-4-5-6-7-8-9-13-16-24-25(21-14-11-10-12-15-21)26(24)22-17-19-23(27-2)20-18-22/h10-12,14-15,17-20,24-25H,3-9,13,16H2,1-2H3/t24?,25-,26?/m1/s1. The maximum atomic E-state index is 5.32. The van der Waals surface area contributed by atoms with Gasteiger partial charge in [-0.05, 0) is 36.2 Å². The van der Waals surface area contributed by atoms with E-state index in [2.05, 4.69) is 66.4 Å². The highest BCUT2D eigenvalue weighted by molar-refractivity contribution is 5.60. The lowest BCUT2D eigenvalue weighted by atomic mass is 10.0. The zero-order chi connectivity index (χ0) is 18.9. The number of anilines is 1. The van der Waals surface area contributed by atoms with Gasteiger partial charge in [-0.25, -0.2) is 0 Å². The highest BCUT2D eigenvalue weighted by Gasteiger charge is 2.47. The van der Waals surface area contributed by atoms with Crippen LogP contribution in [0.15, 0.2) is 54.6 Å². The molecule has 0 spiro atoms. The Morgan fingerprint density at radius 1 is 0.778 bits per heavy atom. The van der Waals surface area contributed by atoms with Gasteiger partial charge < -0.3 is 9.64 Å².